The lowest BCUT2D eigenvalue weighted by Crippen LogP contribution is -2.27. The van der Waals surface area contributed by atoms with Gasteiger partial charge in [0.2, 0.25) is 5.89 Å². The van der Waals surface area contributed by atoms with E-state index in [9.17, 15) is 4.79 Å². The summed E-state index contributed by atoms with van der Waals surface area (Å²) in [4.78, 5) is 20.1. The minimum atomic E-state index is -0.290. The van der Waals surface area contributed by atoms with Gasteiger partial charge in [-0.1, -0.05) is 0 Å². The predicted molar refractivity (Wildman–Crippen MR) is 70.8 cm³/mol. The maximum atomic E-state index is 11.9. The molecule has 0 bridgehead atoms. The van der Waals surface area contributed by atoms with Crippen molar-refractivity contribution in [2.75, 3.05) is 0 Å². The van der Waals surface area contributed by atoms with Crippen LogP contribution in [0, 0.1) is 27.7 Å². The van der Waals surface area contributed by atoms with Crippen LogP contribution < -0.4 is 5.69 Å². The topological polar surface area (TPSA) is 60.9 Å². The van der Waals surface area contributed by atoms with E-state index in [1.54, 1.807) is 11.5 Å². The molecule has 2 heterocycles. The van der Waals surface area contributed by atoms with Gasteiger partial charge in [0, 0.05) is 5.69 Å². The van der Waals surface area contributed by atoms with Crippen molar-refractivity contribution in [3.63, 3.8) is 0 Å². The van der Waals surface area contributed by atoms with Crippen molar-refractivity contribution in [3.8, 4) is 0 Å². The summed E-state index contributed by atoms with van der Waals surface area (Å²) in [5.74, 6) is 1.29. The predicted octanol–water partition coefficient (Wildman–Crippen LogP) is 2.28. The highest BCUT2D eigenvalue weighted by Gasteiger charge is 2.12. The van der Waals surface area contributed by atoms with Gasteiger partial charge in [-0.25, -0.2) is 9.78 Å². The Balaban J connectivity index is 2.47. The second kappa shape index (κ2) is 4.68. The standard InChI is InChI=1S/C12H14BrN3O2/c1-6-9(4)18-10(14-6)5-16-8(3)11(13)7(2)15-12(16)17/h5H2,1-4H3. The third kappa shape index (κ3) is 2.25. The molecule has 0 saturated carbocycles. The first-order valence-electron chi connectivity index (χ1n) is 5.56. The summed E-state index contributed by atoms with van der Waals surface area (Å²) in [6, 6.07) is 0. The van der Waals surface area contributed by atoms with Crippen LogP contribution >= 0.6 is 15.9 Å². The van der Waals surface area contributed by atoms with Crippen LogP contribution in [-0.4, -0.2) is 14.5 Å². The fourth-order valence-corrected chi connectivity index (χ4v) is 2.01. The fourth-order valence-electron chi connectivity index (χ4n) is 1.70. The first-order chi connectivity index (χ1) is 8.40. The summed E-state index contributed by atoms with van der Waals surface area (Å²) in [5, 5.41) is 0. The van der Waals surface area contributed by atoms with Crippen molar-refractivity contribution < 1.29 is 4.42 Å². The lowest BCUT2D eigenvalue weighted by atomic mass is 10.3. The summed E-state index contributed by atoms with van der Waals surface area (Å²) >= 11 is 3.42. The van der Waals surface area contributed by atoms with E-state index in [4.69, 9.17) is 4.42 Å². The quantitative estimate of drug-likeness (QED) is 0.853. The molecule has 0 amide bonds. The van der Waals surface area contributed by atoms with Crippen molar-refractivity contribution in [2.45, 2.75) is 34.2 Å². The average Bonchev–Trinajstić information content (AvgIpc) is 2.61. The van der Waals surface area contributed by atoms with E-state index in [1.165, 1.54) is 0 Å². The Morgan fingerprint density at radius 2 is 1.83 bits per heavy atom. The summed E-state index contributed by atoms with van der Waals surface area (Å²) < 4.78 is 7.86. The molecular weight excluding hydrogens is 298 g/mol. The average molecular weight is 312 g/mol. The highest BCUT2D eigenvalue weighted by atomic mass is 79.9. The number of oxazole rings is 1. The van der Waals surface area contributed by atoms with E-state index in [0.717, 1.165) is 21.6 Å². The smallest absolute Gasteiger partial charge is 0.348 e. The molecule has 0 aliphatic heterocycles. The van der Waals surface area contributed by atoms with Gasteiger partial charge in [0.1, 0.15) is 12.3 Å². The molecule has 0 fully saturated rings. The second-order valence-electron chi connectivity index (χ2n) is 4.21. The van der Waals surface area contributed by atoms with Crippen LogP contribution in [0.25, 0.3) is 0 Å². The molecule has 96 valence electrons. The van der Waals surface area contributed by atoms with Crippen LogP contribution in [0.5, 0.6) is 0 Å². The SMILES string of the molecule is Cc1nc(Cn2c(C)c(Br)c(C)nc2=O)oc1C. The minimum Gasteiger partial charge on any atom is -0.444 e. The van der Waals surface area contributed by atoms with Gasteiger partial charge in [-0.2, -0.15) is 4.98 Å². The molecule has 0 aromatic carbocycles. The molecule has 0 spiro atoms. The number of halogens is 1. The zero-order valence-electron chi connectivity index (χ0n) is 10.7. The molecule has 6 heteroatoms. The maximum Gasteiger partial charge on any atom is 0.348 e. The van der Waals surface area contributed by atoms with Gasteiger partial charge in [0.25, 0.3) is 0 Å². The molecule has 0 aliphatic rings. The zero-order chi connectivity index (χ0) is 13.4. The number of rotatable bonds is 2. The number of nitrogens with zero attached hydrogens (tertiary/aromatic N) is 3. The van der Waals surface area contributed by atoms with Crippen LogP contribution in [0.4, 0.5) is 0 Å². The minimum absolute atomic E-state index is 0.290. The molecule has 0 atom stereocenters. The van der Waals surface area contributed by atoms with Crippen LogP contribution in [0.15, 0.2) is 13.7 Å². The van der Waals surface area contributed by atoms with Gasteiger partial charge < -0.3 is 4.42 Å². The molecule has 18 heavy (non-hydrogen) atoms. The van der Waals surface area contributed by atoms with Crippen molar-refractivity contribution in [2.24, 2.45) is 0 Å². The van der Waals surface area contributed by atoms with Gasteiger partial charge in [-0.05, 0) is 43.6 Å². The normalized spacial score (nSPS) is 10.9. The highest BCUT2D eigenvalue weighted by molar-refractivity contribution is 9.10. The van der Waals surface area contributed by atoms with E-state index < -0.39 is 0 Å². The monoisotopic (exact) mass is 311 g/mol. The molecule has 0 unspecified atom stereocenters. The Morgan fingerprint density at radius 1 is 1.17 bits per heavy atom. The summed E-state index contributed by atoms with van der Waals surface area (Å²) in [6.45, 7) is 7.68. The van der Waals surface area contributed by atoms with Crippen molar-refractivity contribution >= 4 is 15.9 Å². The maximum absolute atomic E-state index is 11.9. The van der Waals surface area contributed by atoms with Crippen molar-refractivity contribution in [3.05, 3.63) is 43.7 Å². The van der Waals surface area contributed by atoms with E-state index in [1.807, 2.05) is 20.8 Å². The number of aryl methyl sites for hydroxylation is 3. The largest absolute Gasteiger partial charge is 0.444 e. The molecule has 5 nitrogen and oxygen atoms in total. The number of aromatic nitrogens is 3. The molecule has 2 rings (SSSR count). The van der Waals surface area contributed by atoms with Crippen LogP contribution in [0.3, 0.4) is 0 Å². The number of hydrogen-bond acceptors (Lipinski definition) is 4. The third-order valence-corrected chi connectivity index (χ3v) is 4.05. The van der Waals surface area contributed by atoms with Gasteiger partial charge in [-0.3, -0.25) is 4.57 Å². The molecule has 0 N–H and O–H groups in total. The fraction of sp³-hybridized carbons (Fsp3) is 0.417. The number of hydrogen-bond donors (Lipinski definition) is 0. The van der Waals surface area contributed by atoms with Crippen LogP contribution in [-0.2, 0) is 6.54 Å². The van der Waals surface area contributed by atoms with Gasteiger partial charge in [0.15, 0.2) is 0 Å². The Morgan fingerprint density at radius 3 is 2.39 bits per heavy atom. The second-order valence-corrected chi connectivity index (χ2v) is 5.01. The van der Waals surface area contributed by atoms with Gasteiger partial charge in [0.05, 0.1) is 15.9 Å². The zero-order valence-corrected chi connectivity index (χ0v) is 12.3. The van der Waals surface area contributed by atoms with E-state index in [0.29, 0.717) is 18.1 Å². The Labute approximate surface area is 113 Å². The molecule has 0 radical (unpaired) electrons. The van der Waals surface area contributed by atoms with Gasteiger partial charge >= 0.3 is 5.69 Å². The van der Waals surface area contributed by atoms with Crippen LogP contribution in [0.1, 0.15) is 28.7 Å². The third-order valence-electron chi connectivity index (χ3n) is 2.90. The highest BCUT2D eigenvalue weighted by Crippen LogP contribution is 2.18. The summed E-state index contributed by atoms with van der Waals surface area (Å²) in [5.41, 5.74) is 2.06. The van der Waals surface area contributed by atoms with Crippen molar-refractivity contribution in [1.82, 2.24) is 14.5 Å². The molecular formula is C12H14BrN3O2. The lowest BCUT2D eigenvalue weighted by Gasteiger charge is -2.09. The molecule has 2 aromatic rings. The molecule has 0 aliphatic carbocycles. The summed E-state index contributed by atoms with van der Waals surface area (Å²) in [7, 11) is 0. The van der Waals surface area contributed by atoms with E-state index >= 15 is 0 Å². The van der Waals surface area contributed by atoms with Gasteiger partial charge in [-0.15, -0.1) is 0 Å². The Bertz CT molecular complexity index is 639. The Kier molecular flexibility index (Phi) is 3.38. The first-order valence-corrected chi connectivity index (χ1v) is 6.36. The van der Waals surface area contributed by atoms with E-state index in [-0.39, 0.29) is 5.69 Å². The molecule has 2 aromatic heterocycles. The van der Waals surface area contributed by atoms with E-state index in [2.05, 4.69) is 25.9 Å². The first kappa shape index (κ1) is 13.0. The van der Waals surface area contributed by atoms with Crippen molar-refractivity contribution in [1.29, 1.82) is 0 Å². The Hall–Kier alpha value is -1.43. The van der Waals surface area contributed by atoms with Crippen LogP contribution in [0.2, 0.25) is 0 Å². The summed E-state index contributed by atoms with van der Waals surface area (Å²) in [6.07, 6.45) is 0. The molecule has 0 saturated heterocycles. The lowest BCUT2D eigenvalue weighted by molar-refractivity contribution is 0.449.